The fourth-order valence-electron chi connectivity index (χ4n) is 3.94. The van der Waals surface area contributed by atoms with Gasteiger partial charge in [-0.05, 0) is 61.4 Å². The molecule has 0 aromatic heterocycles. The van der Waals surface area contributed by atoms with E-state index in [0.29, 0.717) is 23.6 Å². The molecule has 3 amide bonds. The lowest BCUT2D eigenvalue weighted by atomic mass is 10.1. The van der Waals surface area contributed by atoms with Gasteiger partial charge >= 0.3 is 0 Å². The molecule has 1 fully saturated rings. The molecule has 0 unspecified atom stereocenters. The van der Waals surface area contributed by atoms with Gasteiger partial charge < -0.3 is 10.1 Å². The number of hydrogen-bond acceptors (Lipinski definition) is 5. The average Bonchev–Trinajstić information content (AvgIpc) is 3.09. The van der Waals surface area contributed by atoms with E-state index < -0.39 is 17.1 Å². The summed E-state index contributed by atoms with van der Waals surface area (Å²) in [6.45, 7) is 5.85. The number of ether oxygens (including phenoxy) is 1. The van der Waals surface area contributed by atoms with Crippen LogP contribution in [0.25, 0.3) is 6.08 Å². The van der Waals surface area contributed by atoms with Gasteiger partial charge in [-0.15, -0.1) is 0 Å². The first-order valence-electron chi connectivity index (χ1n) is 11.2. The summed E-state index contributed by atoms with van der Waals surface area (Å²) in [6, 6.07) is 21.0. The molecule has 0 saturated carbocycles. The van der Waals surface area contributed by atoms with Gasteiger partial charge in [0.2, 0.25) is 5.91 Å². The number of nitrogens with one attached hydrogen (secondary N) is 1. The minimum absolute atomic E-state index is 0.251. The van der Waals surface area contributed by atoms with E-state index in [0.717, 1.165) is 38.9 Å². The smallest absolute Gasteiger partial charge is 0.294 e. The zero-order valence-electron chi connectivity index (χ0n) is 19.8. The maximum absolute atomic E-state index is 13.0. The topological polar surface area (TPSA) is 75.7 Å². The van der Waals surface area contributed by atoms with E-state index in [1.807, 2.05) is 87.5 Å². The average molecular weight is 487 g/mol. The molecule has 3 aromatic rings. The number of carbonyl (C=O) groups is 3. The first kappa shape index (κ1) is 24.3. The van der Waals surface area contributed by atoms with Crippen molar-refractivity contribution in [2.75, 3.05) is 11.9 Å². The van der Waals surface area contributed by atoms with E-state index in [4.69, 9.17) is 4.74 Å². The molecule has 6 nitrogen and oxygen atoms in total. The lowest BCUT2D eigenvalue weighted by Crippen LogP contribution is -2.36. The number of carbonyl (C=O) groups excluding carboxylic acids is 3. The highest BCUT2D eigenvalue weighted by atomic mass is 32.2. The summed E-state index contributed by atoms with van der Waals surface area (Å²) >= 11 is 0.819. The van der Waals surface area contributed by atoms with Gasteiger partial charge in [0, 0.05) is 11.3 Å². The first-order chi connectivity index (χ1) is 16.8. The van der Waals surface area contributed by atoms with Crippen LogP contribution in [0.15, 0.2) is 71.6 Å². The number of rotatable bonds is 7. The summed E-state index contributed by atoms with van der Waals surface area (Å²) in [5.74, 6) is -0.313. The lowest BCUT2D eigenvalue weighted by Gasteiger charge is -2.16. The third-order valence-corrected chi connectivity index (χ3v) is 6.47. The molecular weight excluding hydrogens is 460 g/mol. The number of thioether (sulfide) groups is 1. The van der Waals surface area contributed by atoms with Crippen LogP contribution in [-0.2, 0) is 16.2 Å². The molecule has 35 heavy (non-hydrogen) atoms. The minimum Gasteiger partial charge on any atom is -0.488 e. The molecule has 4 rings (SSSR count). The van der Waals surface area contributed by atoms with Crippen LogP contribution >= 0.6 is 11.8 Å². The number of aryl methyl sites for hydroxylation is 3. The van der Waals surface area contributed by atoms with Crippen LogP contribution in [0.4, 0.5) is 10.5 Å². The summed E-state index contributed by atoms with van der Waals surface area (Å²) in [7, 11) is 0. The van der Waals surface area contributed by atoms with Crippen LogP contribution < -0.4 is 10.1 Å². The van der Waals surface area contributed by atoms with E-state index in [-0.39, 0.29) is 11.4 Å². The highest BCUT2D eigenvalue weighted by Crippen LogP contribution is 2.34. The van der Waals surface area contributed by atoms with Crippen molar-refractivity contribution in [3.8, 4) is 5.75 Å². The van der Waals surface area contributed by atoms with E-state index >= 15 is 0 Å². The van der Waals surface area contributed by atoms with Crippen molar-refractivity contribution < 1.29 is 19.1 Å². The Labute approximate surface area is 209 Å². The van der Waals surface area contributed by atoms with E-state index in [2.05, 4.69) is 5.32 Å². The molecule has 1 saturated heterocycles. The predicted molar refractivity (Wildman–Crippen MR) is 139 cm³/mol. The molecule has 1 heterocycles. The van der Waals surface area contributed by atoms with Gasteiger partial charge in [-0.2, -0.15) is 0 Å². The van der Waals surface area contributed by atoms with Crippen molar-refractivity contribution in [3.05, 3.63) is 99.5 Å². The molecule has 0 radical (unpaired) electrons. The standard InChI is InChI=1S/C28H26N2O4S/c1-18-13-19(2)26(20(3)14-18)29-25(31)16-30-27(32)24(35-28(30)33)15-22-11-7-8-12-23(22)34-17-21-9-5-4-6-10-21/h4-15H,16-17H2,1-3H3,(H,29,31)/b24-15+. The second kappa shape index (κ2) is 10.6. The van der Waals surface area contributed by atoms with Crippen molar-refractivity contribution >= 4 is 40.6 Å². The minimum atomic E-state index is -0.495. The largest absolute Gasteiger partial charge is 0.488 e. The zero-order chi connectivity index (χ0) is 24.9. The fourth-order valence-corrected chi connectivity index (χ4v) is 4.77. The van der Waals surface area contributed by atoms with Gasteiger partial charge in [0.1, 0.15) is 18.9 Å². The number of nitrogens with zero attached hydrogens (tertiary/aromatic N) is 1. The third kappa shape index (κ3) is 5.81. The van der Waals surface area contributed by atoms with Gasteiger partial charge in [-0.25, -0.2) is 0 Å². The molecule has 0 spiro atoms. The maximum Gasteiger partial charge on any atom is 0.294 e. The normalized spacial score (nSPS) is 14.5. The second-order valence-corrected chi connectivity index (χ2v) is 9.40. The van der Waals surface area contributed by atoms with Crippen molar-refractivity contribution in [2.45, 2.75) is 27.4 Å². The highest BCUT2D eigenvalue weighted by molar-refractivity contribution is 8.18. The van der Waals surface area contributed by atoms with Gasteiger partial charge in [-0.1, -0.05) is 66.2 Å². The lowest BCUT2D eigenvalue weighted by molar-refractivity contribution is -0.127. The number of hydrogen-bond donors (Lipinski definition) is 1. The molecule has 178 valence electrons. The van der Waals surface area contributed by atoms with Crippen molar-refractivity contribution in [2.24, 2.45) is 0 Å². The number of benzene rings is 3. The van der Waals surface area contributed by atoms with Crippen LogP contribution in [0.2, 0.25) is 0 Å². The zero-order valence-corrected chi connectivity index (χ0v) is 20.6. The van der Waals surface area contributed by atoms with Crippen LogP contribution in [0, 0.1) is 20.8 Å². The van der Waals surface area contributed by atoms with Crippen LogP contribution in [0.3, 0.4) is 0 Å². The van der Waals surface area contributed by atoms with Crippen molar-refractivity contribution in [1.82, 2.24) is 4.90 Å². The number of para-hydroxylation sites is 1. The Bertz CT molecular complexity index is 1290. The molecule has 0 bridgehead atoms. The number of anilines is 1. The SMILES string of the molecule is Cc1cc(C)c(NC(=O)CN2C(=O)S/C(=C/c3ccccc3OCc3ccccc3)C2=O)c(C)c1. The molecule has 1 aliphatic rings. The van der Waals surface area contributed by atoms with E-state index in [9.17, 15) is 14.4 Å². The summed E-state index contributed by atoms with van der Waals surface area (Å²) in [4.78, 5) is 39.4. The Balaban J connectivity index is 1.46. The van der Waals surface area contributed by atoms with Gasteiger partial charge in [0.05, 0.1) is 4.91 Å². The Morgan fingerprint density at radius 1 is 0.971 bits per heavy atom. The number of amides is 3. The Hall–Kier alpha value is -3.84. The fraction of sp³-hybridized carbons (Fsp3) is 0.179. The maximum atomic E-state index is 13.0. The first-order valence-corrected chi connectivity index (χ1v) is 12.0. The number of imide groups is 1. The molecule has 0 aliphatic carbocycles. The predicted octanol–water partition coefficient (Wildman–Crippen LogP) is 5.87. The van der Waals surface area contributed by atoms with Crippen molar-refractivity contribution in [1.29, 1.82) is 0 Å². The van der Waals surface area contributed by atoms with Gasteiger partial charge in [0.15, 0.2) is 0 Å². The Kier molecular flexibility index (Phi) is 7.36. The summed E-state index contributed by atoms with van der Waals surface area (Å²) in [5.41, 5.74) is 5.36. The summed E-state index contributed by atoms with van der Waals surface area (Å²) in [6.07, 6.45) is 1.64. The second-order valence-electron chi connectivity index (χ2n) is 8.40. The molecule has 3 aromatic carbocycles. The molecule has 0 atom stereocenters. The van der Waals surface area contributed by atoms with E-state index in [1.165, 1.54) is 0 Å². The van der Waals surface area contributed by atoms with Crippen LogP contribution in [0.1, 0.15) is 27.8 Å². The Morgan fingerprint density at radius 3 is 2.34 bits per heavy atom. The molecular formula is C28H26N2O4S. The summed E-state index contributed by atoms with van der Waals surface area (Å²) in [5, 5.41) is 2.37. The third-order valence-electron chi connectivity index (χ3n) is 5.56. The monoisotopic (exact) mass is 486 g/mol. The quantitative estimate of drug-likeness (QED) is 0.423. The van der Waals surface area contributed by atoms with Gasteiger partial charge in [-0.3, -0.25) is 19.3 Å². The van der Waals surface area contributed by atoms with E-state index in [1.54, 1.807) is 6.08 Å². The molecule has 7 heteroatoms. The summed E-state index contributed by atoms with van der Waals surface area (Å²) < 4.78 is 5.96. The van der Waals surface area contributed by atoms with Crippen LogP contribution in [0.5, 0.6) is 5.75 Å². The molecule has 1 aliphatic heterocycles. The Morgan fingerprint density at radius 2 is 1.63 bits per heavy atom. The molecule has 1 N–H and O–H groups in total. The van der Waals surface area contributed by atoms with Crippen molar-refractivity contribution in [3.63, 3.8) is 0 Å². The van der Waals surface area contributed by atoms with Crippen LogP contribution in [-0.4, -0.2) is 28.5 Å². The van der Waals surface area contributed by atoms with Gasteiger partial charge in [0.25, 0.3) is 11.1 Å². The highest BCUT2D eigenvalue weighted by Gasteiger charge is 2.36.